The number of thiophene rings is 1. The maximum atomic E-state index is 3.66. The molecule has 1 aromatic rings. The first kappa shape index (κ1) is 16.0. The van der Waals surface area contributed by atoms with E-state index in [-0.39, 0.29) is 0 Å². The van der Waals surface area contributed by atoms with E-state index in [2.05, 4.69) is 38.2 Å². The van der Waals surface area contributed by atoms with Crippen LogP contribution in [0.5, 0.6) is 0 Å². The maximum Gasteiger partial charge on any atom is 0.00823 e. The van der Waals surface area contributed by atoms with Crippen LogP contribution in [-0.2, 0) is 0 Å². The van der Waals surface area contributed by atoms with Crippen LogP contribution in [0.4, 0.5) is 0 Å². The lowest BCUT2D eigenvalue weighted by Crippen LogP contribution is -2.32. The highest BCUT2D eigenvalue weighted by Gasteiger charge is 2.31. The summed E-state index contributed by atoms with van der Waals surface area (Å²) in [7, 11) is 0. The minimum absolute atomic E-state index is 0.809. The second kappa shape index (κ2) is 8.19. The van der Waals surface area contributed by atoms with Crippen LogP contribution in [0.2, 0.25) is 0 Å². The summed E-state index contributed by atoms with van der Waals surface area (Å²) >= 11 is 2.03. The molecule has 2 heteroatoms. The third-order valence-corrected chi connectivity index (χ3v) is 5.89. The Morgan fingerprint density at radius 2 is 2.05 bits per heavy atom. The summed E-state index contributed by atoms with van der Waals surface area (Å²) in [6.45, 7) is 9.22. The highest BCUT2D eigenvalue weighted by molar-refractivity contribution is 7.12. The molecule has 1 nitrogen and oxygen atoms in total. The first-order chi connectivity index (χ1) is 9.74. The molecule has 0 spiro atoms. The summed E-state index contributed by atoms with van der Waals surface area (Å²) in [5.41, 5.74) is 0. The highest BCUT2D eigenvalue weighted by Crippen LogP contribution is 2.43. The zero-order chi connectivity index (χ0) is 14.4. The molecule has 1 N–H and O–H groups in total. The SMILES string of the molecule is CCCNCC1CCC(CCC)CC1c1ccc(C)s1. The van der Waals surface area contributed by atoms with E-state index in [1.165, 1.54) is 56.5 Å². The van der Waals surface area contributed by atoms with Crippen molar-refractivity contribution in [1.29, 1.82) is 0 Å². The van der Waals surface area contributed by atoms with Crippen molar-refractivity contribution >= 4 is 11.3 Å². The van der Waals surface area contributed by atoms with Gasteiger partial charge in [0.05, 0.1) is 0 Å². The highest BCUT2D eigenvalue weighted by atomic mass is 32.1. The Morgan fingerprint density at radius 3 is 2.70 bits per heavy atom. The minimum atomic E-state index is 0.809. The number of hydrogen-bond donors (Lipinski definition) is 1. The Labute approximate surface area is 129 Å². The average molecular weight is 294 g/mol. The Hall–Kier alpha value is -0.340. The monoisotopic (exact) mass is 293 g/mol. The van der Waals surface area contributed by atoms with E-state index in [1.807, 2.05) is 11.3 Å². The van der Waals surface area contributed by atoms with Crippen molar-refractivity contribution in [3.63, 3.8) is 0 Å². The normalized spacial score (nSPS) is 26.9. The maximum absolute atomic E-state index is 3.66. The van der Waals surface area contributed by atoms with Crippen LogP contribution in [0, 0.1) is 18.8 Å². The van der Waals surface area contributed by atoms with Crippen molar-refractivity contribution in [2.75, 3.05) is 13.1 Å². The smallest absolute Gasteiger partial charge is 0.00823 e. The largest absolute Gasteiger partial charge is 0.316 e. The summed E-state index contributed by atoms with van der Waals surface area (Å²) in [4.78, 5) is 3.12. The number of rotatable bonds is 7. The summed E-state index contributed by atoms with van der Waals surface area (Å²) in [5.74, 6) is 2.63. The lowest BCUT2D eigenvalue weighted by atomic mass is 9.72. The van der Waals surface area contributed by atoms with Gasteiger partial charge < -0.3 is 5.32 Å². The molecule has 0 aromatic carbocycles. The number of hydrogen-bond acceptors (Lipinski definition) is 2. The average Bonchev–Trinajstić information content (AvgIpc) is 2.87. The van der Waals surface area contributed by atoms with Crippen molar-refractivity contribution in [1.82, 2.24) is 5.32 Å². The molecule has 0 saturated heterocycles. The van der Waals surface area contributed by atoms with Gasteiger partial charge in [-0.2, -0.15) is 0 Å². The minimum Gasteiger partial charge on any atom is -0.316 e. The molecule has 20 heavy (non-hydrogen) atoms. The fourth-order valence-corrected chi connectivity index (χ4v) is 4.78. The third-order valence-electron chi connectivity index (χ3n) is 4.76. The van der Waals surface area contributed by atoms with Gasteiger partial charge in [0.2, 0.25) is 0 Å². The van der Waals surface area contributed by atoms with E-state index in [1.54, 1.807) is 4.88 Å². The van der Waals surface area contributed by atoms with Crippen LogP contribution in [0.25, 0.3) is 0 Å². The first-order valence-electron chi connectivity index (χ1n) is 8.51. The Morgan fingerprint density at radius 1 is 1.20 bits per heavy atom. The van der Waals surface area contributed by atoms with Crippen molar-refractivity contribution in [2.24, 2.45) is 11.8 Å². The van der Waals surface area contributed by atoms with Crippen LogP contribution in [-0.4, -0.2) is 13.1 Å². The van der Waals surface area contributed by atoms with Gasteiger partial charge in [0.15, 0.2) is 0 Å². The fourth-order valence-electron chi connectivity index (χ4n) is 3.70. The second-order valence-corrected chi connectivity index (χ2v) is 7.81. The Bertz CT molecular complexity index is 385. The van der Waals surface area contributed by atoms with Crippen molar-refractivity contribution < 1.29 is 0 Å². The molecule has 3 unspecified atom stereocenters. The molecule has 1 saturated carbocycles. The predicted octanol–water partition coefficient (Wildman–Crippen LogP) is 5.36. The van der Waals surface area contributed by atoms with Crippen LogP contribution in [0.15, 0.2) is 12.1 Å². The predicted molar refractivity (Wildman–Crippen MR) is 90.7 cm³/mol. The van der Waals surface area contributed by atoms with Gasteiger partial charge in [-0.25, -0.2) is 0 Å². The molecule has 2 rings (SSSR count). The third kappa shape index (κ3) is 4.33. The fraction of sp³-hybridized carbons (Fsp3) is 0.778. The molecule has 1 aliphatic carbocycles. The molecule has 0 bridgehead atoms. The number of nitrogens with one attached hydrogen (secondary N) is 1. The summed E-state index contributed by atoms with van der Waals surface area (Å²) in [6, 6.07) is 4.70. The quantitative estimate of drug-likeness (QED) is 0.668. The van der Waals surface area contributed by atoms with Gasteiger partial charge in [-0.05, 0) is 69.2 Å². The topological polar surface area (TPSA) is 12.0 Å². The molecular weight excluding hydrogens is 262 g/mol. The molecule has 0 radical (unpaired) electrons. The summed E-state index contributed by atoms with van der Waals surface area (Å²) in [6.07, 6.45) is 8.31. The first-order valence-corrected chi connectivity index (χ1v) is 9.33. The Kier molecular flexibility index (Phi) is 6.57. The van der Waals surface area contributed by atoms with Crippen molar-refractivity contribution in [3.8, 4) is 0 Å². The Balaban J connectivity index is 2.01. The molecule has 1 fully saturated rings. The zero-order valence-corrected chi connectivity index (χ0v) is 14.3. The van der Waals surface area contributed by atoms with Crippen LogP contribution in [0.3, 0.4) is 0 Å². The van der Waals surface area contributed by atoms with Gasteiger partial charge >= 0.3 is 0 Å². The molecule has 0 amide bonds. The molecule has 0 aliphatic heterocycles. The van der Waals surface area contributed by atoms with Gasteiger partial charge in [0, 0.05) is 9.75 Å². The van der Waals surface area contributed by atoms with E-state index < -0.39 is 0 Å². The zero-order valence-electron chi connectivity index (χ0n) is 13.5. The molecule has 3 atom stereocenters. The van der Waals surface area contributed by atoms with Gasteiger partial charge in [0.1, 0.15) is 0 Å². The van der Waals surface area contributed by atoms with Crippen LogP contribution in [0.1, 0.15) is 68.0 Å². The summed E-state index contributed by atoms with van der Waals surface area (Å²) in [5, 5.41) is 3.66. The van der Waals surface area contributed by atoms with Gasteiger partial charge in [-0.3, -0.25) is 0 Å². The second-order valence-electron chi connectivity index (χ2n) is 6.49. The molecule has 1 aliphatic rings. The van der Waals surface area contributed by atoms with E-state index in [0.717, 1.165) is 17.8 Å². The van der Waals surface area contributed by atoms with Crippen LogP contribution < -0.4 is 5.32 Å². The van der Waals surface area contributed by atoms with Gasteiger partial charge in [-0.1, -0.05) is 33.1 Å². The van der Waals surface area contributed by atoms with Crippen LogP contribution >= 0.6 is 11.3 Å². The lowest BCUT2D eigenvalue weighted by Gasteiger charge is -2.36. The van der Waals surface area contributed by atoms with E-state index in [9.17, 15) is 0 Å². The van der Waals surface area contributed by atoms with E-state index >= 15 is 0 Å². The standard InChI is InChI=1S/C18H31NS/c1-4-6-15-8-9-16(13-19-11-5-2)17(12-15)18-10-7-14(3)20-18/h7,10,15-17,19H,4-6,8-9,11-13H2,1-3H3. The van der Waals surface area contributed by atoms with Crippen molar-refractivity contribution in [2.45, 2.75) is 65.2 Å². The number of aryl methyl sites for hydroxylation is 1. The molecule has 1 heterocycles. The molecular formula is C18H31NS. The van der Waals surface area contributed by atoms with Gasteiger partial charge in [0.25, 0.3) is 0 Å². The van der Waals surface area contributed by atoms with E-state index in [0.29, 0.717) is 0 Å². The van der Waals surface area contributed by atoms with E-state index in [4.69, 9.17) is 0 Å². The van der Waals surface area contributed by atoms with Crippen molar-refractivity contribution in [3.05, 3.63) is 21.9 Å². The lowest BCUT2D eigenvalue weighted by molar-refractivity contribution is 0.223. The van der Waals surface area contributed by atoms with Gasteiger partial charge in [-0.15, -0.1) is 11.3 Å². The molecule has 1 aromatic heterocycles. The summed E-state index contributed by atoms with van der Waals surface area (Å²) < 4.78 is 0. The molecule has 114 valence electrons.